The van der Waals surface area contributed by atoms with Crippen LogP contribution in [0.2, 0.25) is 5.02 Å². The van der Waals surface area contributed by atoms with Crippen LogP contribution in [0.1, 0.15) is 11.1 Å². The maximum atomic E-state index is 12.8. The van der Waals surface area contributed by atoms with Gasteiger partial charge in [0.1, 0.15) is 5.75 Å². The van der Waals surface area contributed by atoms with Crippen LogP contribution in [-0.2, 0) is 4.79 Å². The second-order valence-corrected chi connectivity index (χ2v) is 4.49. The Balaban J connectivity index is 2.57. The molecule has 1 heterocycles. The first-order chi connectivity index (χ1) is 8.70. The largest absolute Gasteiger partial charge is 0.478 e. The molecule has 1 aromatic rings. The fraction of sp³-hybridized carbons (Fsp3) is 0.250. The van der Waals surface area contributed by atoms with Crippen molar-refractivity contribution >= 4 is 23.6 Å². The molecule has 0 fully saturated rings. The van der Waals surface area contributed by atoms with Gasteiger partial charge >= 0.3 is 12.1 Å². The minimum absolute atomic E-state index is 0.0331. The lowest BCUT2D eigenvalue weighted by Gasteiger charge is -2.27. The van der Waals surface area contributed by atoms with Crippen LogP contribution in [0.5, 0.6) is 5.75 Å². The number of hydrogen-bond donors (Lipinski definition) is 1. The number of aryl methyl sites for hydroxylation is 1. The number of carboxylic acid groups (broad SMARTS) is 1. The van der Waals surface area contributed by atoms with Crippen molar-refractivity contribution in [3.63, 3.8) is 0 Å². The van der Waals surface area contributed by atoms with Gasteiger partial charge in [-0.25, -0.2) is 4.79 Å². The van der Waals surface area contributed by atoms with Crippen LogP contribution in [0, 0.1) is 6.92 Å². The molecular weight excluding hydrogens is 285 g/mol. The van der Waals surface area contributed by atoms with E-state index in [4.69, 9.17) is 21.4 Å². The molecule has 1 aliphatic rings. The van der Waals surface area contributed by atoms with Crippen molar-refractivity contribution in [2.75, 3.05) is 0 Å². The summed E-state index contributed by atoms with van der Waals surface area (Å²) in [6.45, 7) is 1.62. The number of carbonyl (C=O) groups is 1. The first-order valence-corrected chi connectivity index (χ1v) is 5.56. The van der Waals surface area contributed by atoms with Gasteiger partial charge in [-0.15, -0.1) is 0 Å². The molecule has 0 saturated carbocycles. The Morgan fingerprint density at radius 2 is 2.05 bits per heavy atom. The minimum atomic E-state index is -4.80. The third-order valence-corrected chi connectivity index (χ3v) is 3.08. The molecule has 1 atom stereocenters. The number of alkyl halides is 3. The highest BCUT2D eigenvalue weighted by atomic mass is 35.5. The Labute approximate surface area is 111 Å². The Morgan fingerprint density at radius 1 is 1.42 bits per heavy atom. The Morgan fingerprint density at radius 3 is 2.58 bits per heavy atom. The maximum Gasteiger partial charge on any atom is 0.430 e. The van der Waals surface area contributed by atoms with Gasteiger partial charge in [-0.2, -0.15) is 13.2 Å². The molecule has 19 heavy (non-hydrogen) atoms. The molecular formula is C12H8ClF3O3. The number of hydrogen-bond acceptors (Lipinski definition) is 2. The Bertz CT molecular complexity index is 578. The van der Waals surface area contributed by atoms with E-state index in [1.807, 2.05) is 0 Å². The number of fused-ring (bicyclic) bond motifs is 1. The van der Waals surface area contributed by atoms with Crippen LogP contribution in [-0.4, -0.2) is 23.4 Å². The van der Waals surface area contributed by atoms with E-state index in [1.165, 1.54) is 12.1 Å². The van der Waals surface area contributed by atoms with Gasteiger partial charge in [0.15, 0.2) is 0 Å². The molecule has 7 heteroatoms. The van der Waals surface area contributed by atoms with Gasteiger partial charge in [0, 0.05) is 10.6 Å². The van der Waals surface area contributed by atoms with Crippen molar-refractivity contribution in [2.45, 2.75) is 19.2 Å². The summed E-state index contributed by atoms with van der Waals surface area (Å²) < 4.78 is 43.1. The molecule has 0 amide bonds. The van der Waals surface area contributed by atoms with Gasteiger partial charge in [-0.3, -0.25) is 0 Å². The van der Waals surface area contributed by atoms with Crippen molar-refractivity contribution in [1.29, 1.82) is 0 Å². The Hall–Kier alpha value is -1.69. The molecule has 0 radical (unpaired) electrons. The number of rotatable bonds is 1. The van der Waals surface area contributed by atoms with Crippen LogP contribution >= 0.6 is 11.6 Å². The smallest absolute Gasteiger partial charge is 0.430 e. The van der Waals surface area contributed by atoms with E-state index < -0.39 is 23.8 Å². The zero-order chi connectivity index (χ0) is 14.4. The van der Waals surface area contributed by atoms with Crippen LogP contribution in [0.3, 0.4) is 0 Å². The van der Waals surface area contributed by atoms with E-state index in [9.17, 15) is 18.0 Å². The molecule has 2 rings (SSSR count). The number of benzene rings is 1. The summed E-state index contributed by atoms with van der Waals surface area (Å²) in [5.74, 6) is -1.71. The minimum Gasteiger partial charge on any atom is -0.478 e. The van der Waals surface area contributed by atoms with E-state index in [2.05, 4.69) is 0 Å². The molecule has 0 unspecified atom stereocenters. The number of halogens is 4. The summed E-state index contributed by atoms with van der Waals surface area (Å²) in [6, 6.07) is 2.73. The van der Waals surface area contributed by atoms with Crippen LogP contribution in [0.25, 0.3) is 6.08 Å². The van der Waals surface area contributed by atoms with Crippen molar-refractivity contribution in [3.05, 3.63) is 33.9 Å². The monoisotopic (exact) mass is 292 g/mol. The number of ether oxygens (including phenoxy) is 1. The molecule has 0 spiro atoms. The highest BCUT2D eigenvalue weighted by molar-refractivity contribution is 6.31. The predicted molar refractivity (Wildman–Crippen MR) is 62.3 cm³/mol. The van der Waals surface area contributed by atoms with E-state index in [0.29, 0.717) is 10.6 Å². The molecule has 0 saturated heterocycles. The average Bonchev–Trinajstić information content (AvgIpc) is 2.27. The lowest BCUT2D eigenvalue weighted by atomic mass is 10.00. The number of aliphatic carboxylic acids is 1. The number of carboxylic acids is 1. The molecule has 1 aliphatic heterocycles. The van der Waals surface area contributed by atoms with Crippen molar-refractivity contribution in [2.24, 2.45) is 0 Å². The van der Waals surface area contributed by atoms with Gasteiger partial charge < -0.3 is 9.84 Å². The molecule has 1 N–H and O–H groups in total. The van der Waals surface area contributed by atoms with E-state index in [-0.39, 0.29) is 11.3 Å². The lowest BCUT2D eigenvalue weighted by molar-refractivity contribution is -0.187. The zero-order valence-electron chi connectivity index (χ0n) is 9.58. The molecule has 102 valence electrons. The average molecular weight is 293 g/mol. The van der Waals surface area contributed by atoms with E-state index in [1.54, 1.807) is 6.92 Å². The van der Waals surface area contributed by atoms with Crippen molar-refractivity contribution in [1.82, 2.24) is 0 Å². The molecule has 1 aromatic carbocycles. The van der Waals surface area contributed by atoms with Crippen LogP contribution < -0.4 is 4.74 Å². The fourth-order valence-corrected chi connectivity index (χ4v) is 1.91. The zero-order valence-corrected chi connectivity index (χ0v) is 10.3. The summed E-state index contributed by atoms with van der Waals surface area (Å²) in [7, 11) is 0. The highest BCUT2D eigenvalue weighted by Crippen LogP contribution is 2.39. The third kappa shape index (κ3) is 2.53. The molecule has 0 bridgehead atoms. The summed E-state index contributed by atoms with van der Waals surface area (Å²) >= 11 is 5.84. The van der Waals surface area contributed by atoms with Gasteiger partial charge in [-0.1, -0.05) is 11.6 Å². The SMILES string of the molecule is Cc1cc2c(cc1Cl)C=C(C(=O)O)[C@@H](C(F)(F)F)O2. The van der Waals surface area contributed by atoms with Gasteiger partial charge in [0.25, 0.3) is 0 Å². The topological polar surface area (TPSA) is 46.5 Å². The van der Waals surface area contributed by atoms with Gasteiger partial charge in [-0.05, 0) is 30.7 Å². The quantitative estimate of drug-likeness (QED) is 0.862. The molecule has 0 aromatic heterocycles. The lowest BCUT2D eigenvalue weighted by Crippen LogP contribution is -2.40. The maximum absolute atomic E-state index is 12.8. The van der Waals surface area contributed by atoms with E-state index >= 15 is 0 Å². The van der Waals surface area contributed by atoms with Crippen LogP contribution in [0.4, 0.5) is 13.2 Å². The summed E-state index contributed by atoms with van der Waals surface area (Å²) in [4.78, 5) is 10.9. The van der Waals surface area contributed by atoms with Crippen LogP contribution in [0.15, 0.2) is 17.7 Å². The second kappa shape index (κ2) is 4.45. The van der Waals surface area contributed by atoms with Gasteiger partial charge in [0.2, 0.25) is 6.10 Å². The highest BCUT2D eigenvalue weighted by Gasteiger charge is 2.48. The van der Waals surface area contributed by atoms with E-state index in [0.717, 1.165) is 6.08 Å². The summed E-state index contributed by atoms with van der Waals surface area (Å²) in [5.41, 5.74) is -0.0954. The summed E-state index contributed by atoms with van der Waals surface area (Å²) in [5, 5.41) is 9.17. The first-order valence-electron chi connectivity index (χ1n) is 5.18. The fourth-order valence-electron chi connectivity index (χ4n) is 1.74. The third-order valence-electron chi connectivity index (χ3n) is 2.67. The molecule has 0 aliphatic carbocycles. The standard InChI is InChI=1S/C12H8ClF3O3/c1-5-2-9-6(4-8(5)13)3-7(11(17)18)10(19-9)12(14,15)16/h2-4,10H,1H3,(H,17,18)/t10-/m0/s1. The van der Waals surface area contributed by atoms with Gasteiger partial charge in [0.05, 0.1) is 5.57 Å². The Kier molecular flexibility index (Phi) is 3.22. The summed E-state index contributed by atoms with van der Waals surface area (Å²) in [6.07, 6.45) is -6.34. The molecule has 3 nitrogen and oxygen atoms in total. The first kappa shape index (κ1) is 13.7. The predicted octanol–water partition coefficient (Wildman–Crippen LogP) is 3.44. The normalized spacial score (nSPS) is 18.4. The van der Waals surface area contributed by atoms with Crippen molar-refractivity contribution < 1.29 is 27.8 Å². The second-order valence-electron chi connectivity index (χ2n) is 4.08. The van der Waals surface area contributed by atoms with Crippen molar-refractivity contribution in [3.8, 4) is 5.75 Å².